The van der Waals surface area contributed by atoms with Crippen molar-refractivity contribution in [2.45, 2.75) is 38.4 Å². The smallest absolute Gasteiger partial charge is 0.161 e. The second-order valence-corrected chi connectivity index (χ2v) is 6.10. The van der Waals surface area contributed by atoms with Gasteiger partial charge < -0.3 is 19.3 Å². The molecule has 2 aliphatic rings. The van der Waals surface area contributed by atoms with Gasteiger partial charge in [-0.25, -0.2) is 0 Å². The van der Waals surface area contributed by atoms with E-state index in [1.165, 1.54) is 0 Å². The molecule has 0 saturated carbocycles. The van der Waals surface area contributed by atoms with Crippen LogP contribution in [0.25, 0.3) is 0 Å². The Bertz CT molecular complexity index is 479. The molecule has 0 radical (unpaired) electrons. The van der Waals surface area contributed by atoms with Crippen LogP contribution in [0, 0.1) is 5.92 Å². The number of hydrogen-bond acceptors (Lipinski definition) is 4. The maximum atomic E-state index is 10.6. The number of aliphatic hydroxyl groups is 1. The average molecular weight is 278 g/mol. The Hall–Kier alpha value is -1.26. The molecule has 2 aliphatic heterocycles. The third-order valence-electron chi connectivity index (χ3n) is 4.16. The maximum absolute atomic E-state index is 10.6. The van der Waals surface area contributed by atoms with E-state index in [-0.39, 0.29) is 0 Å². The fourth-order valence-electron chi connectivity index (χ4n) is 2.81. The Morgan fingerprint density at radius 2 is 2.00 bits per heavy atom. The molecule has 3 atom stereocenters. The molecule has 1 aromatic carbocycles. The van der Waals surface area contributed by atoms with Gasteiger partial charge in [0.1, 0.15) is 6.10 Å². The molecule has 20 heavy (non-hydrogen) atoms. The van der Waals surface area contributed by atoms with Gasteiger partial charge in [-0.2, -0.15) is 0 Å². The molecule has 0 aliphatic carbocycles. The van der Waals surface area contributed by atoms with Gasteiger partial charge in [0.2, 0.25) is 0 Å². The Morgan fingerprint density at radius 1 is 1.25 bits per heavy atom. The van der Waals surface area contributed by atoms with E-state index >= 15 is 0 Å². The average Bonchev–Trinajstić information content (AvgIpc) is 2.81. The van der Waals surface area contributed by atoms with Gasteiger partial charge in [0, 0.05) is 12.5 Å². The normalized spacial score (nSPS) is 30.9. The highest BCUT2D eigenvalue weighted by Crippen LogP contribution is 2.40. The highest BCUT2D eigenvalue weighted by molar-refractivity contribution is 5.44. The zero-order valence-corrected chi connectivity index (χ0v) is 12.1. The summed E-state index contributed by atoms with van der Waals surface area (Å²) in [5.41, 5.74) is 0.332. The molecule has 3 rings (SSSR count). The summed E-state index contributed by atoms with van der Waals surface area (Å²) in [7, 11) is 0. The van der Waals surface area contributed by atoms with Crippen molar-refractivity contribution in [3.05, 3.63) is 23.8 Å². The quantitative estimate of drug-likeness (QED) is 0.903. The predicted molar refractivity (Wildman–Crippen MR) is 75.1 cm³/mol. The van der Waals surface area contributed by atoms with Crippen molar-refractivity contribution in [1.29, 1.82) is 0 Å². The molecule has 2 heterocycles. The molecule has 1 saturated heterocycles. The fourth-order valence-corrected chi connectivity index (χ4v) is 2.81. The Balaban J connectivity index is 1.85. The van der Waals surface area contributed by atoms with Crippen molar-refractivity contribution >= 4 is 0 Å². The third-order valence-corrected chi connectivity index (χ3v) is 4.16. The van der Waals surface area contributed by atoms with E-state index in [1.54, 1.807) is 0 Å². The Morgan fingerprint density at radius 3 is 2.70 bits per heavy atom. The molecular weight excluding hydrogens is 256 g/mol. The molecule has 0 amide bonds. The van der Waals surface area contributed by atoms with E-state index < -0.39 is 11.7 Å². The van der Waals surface area contributed by atoms with E-state index in [0.29, 0.717) is 24.9 Å². The summed E-state index contributed by atoms with van der Waals surface area (Å²) in [4.78, 5) is 0. The minimum absolute atomic E-state index is 0.367. The largest absolute Gasteiger partial charge is 0.489 e. The van der Waals surface area contributed by atoms with Crippen LogP contribution >= 0.6 is 0 Å². The van der Waals surface area contributed by atoms with Gasteiger partial charge in [-0.3, -0.25) is 0 Å². The lowest BCUT2D eigenvalue weighted by atomic mass is 9.90. The van der Waals surface area contributed by atoms with Crippen molar-refractivity contribution in [2.75, 3.05) is 19.8 Å². The number of benzene rings is 1. The van der Waals surface area contributed by atoms with Crippen LogP contribution in [0.1, 0.15) is 38.4 Å². The van der Waals surface area contributed by atoms with Gasteiger partial charge in [0.15, 0.2) is 11.5 Å². The van der Waals surface area contributed by atoms with E-state index in [0.717, 1.165) is 30.8 Å². The van der Waals surface area contributed by atoms with Crippen LogP contribution in [-0.2, 0) is 4.74 Å². The number of hydrogen-bond donors (Lipinski definition) is 1. The second kappa shape index (κ2) is 5.26. The molecule has 1 aromatic rings. The first-order chi connectivity index (χ1) is 9.58. The van der Waals surface area contributed by atoms with E-state index in [2.05, 4.69) is 6.92 Å². The molecule has 1 N–H and O–H groups in total. The standard InChI is InChI=1S/C16H22O4/c1-11-9-18-13-5-4-12(8-14(13)19-10-11)15(17)16(2)6-3-7-20-16/h4-5,8,11,15,17H,3,6-7,9-10H2,1-2H3. The summed E-state index contributed by atoms with van der Waals surface area (Å²) in [5, 5.41) is 10.6. The van der Waals surface area contributed by atoms with E-state index in [4.69, 9.17) is 14.2 Å². The first-order valence-electron chi connectivity index (χ1n) is 7.30. The van der Waals surface area contributed by atoms with Crippen LogP contribution in [0.2, 0.25) is 0 Å². The van der Waals surface area contributed by atoms with Crippen molar-refractivity contribution in [3.8, 4) is 11.5 Å². The topological polar surface area (TPSA) is 47.9 Å². The summed E-state index contributed by atoms with van der Waals surface area (Å²) in [6, 6.07) is 5.66. The van der Waals surface area contributed by atoms with Crippen molar-refractivity contribution < 1.29 is 19.3 Å². The van der Waals surface area contributed by atoms with Gasteiger partial charge in [0.05, 0.1) is 18.8 Å². The van der Waals surface area contributed by atoms with Crippen molar-refractivity contribution in [2.24, 2.45) is 5.92 Å². The summed E-state index contributed by atoms with van der Waals surface area (Å²) in [6.45, 7) is 6.08. The summed E-state index contributed by atoms with van der Waals surface area (Å²) in [5.74, 6) is 1.83. The monoisotopic (exact) mass is 278 g/mol. The SMILES string of the molecule is CC1COc2ccc(C(O)C3(C)CCCO3)cc2OC1. The zero-order chi connectivity index (χ0) is 14.2. The second-order valence-electron chi connectivity index (χ2n) is 6.10. The molecule has 0 bridgehead atoms. The third kappa shape index (κ3) is 2.50. The minimum Gasteiger partial charge on any atom is -0.489 e. The lowest BCUT2D eigenvalue weighted by molar-refractivity contribution is -0.0796. The zero-order valence-electron chi connectivity index (χ0n) is 12.1. The number of rotatable bonds is 2. The van der Waals surface area contributed by atoms with Crippen LogP contribution < -0.4 is 9.47 Å². The molecule has 0 aromatic heterocycles. The van der Waals surface area contributed by atoms with Crippen molar-refractivity contribution in [1.82, 2.24) is 0 Å². The lowest BCUT2D eigenvalue weighted by Crippen LogP contribution is -2.31. The van der Waals surface area contributed by atoms with Crippen LogP contribution in [0.4, 0.5) is 0 Å². The fraction of sp³-hybridized carbons (Fsp3) is 0.625. The summed E-state index contributed by atoms with van der Waals surface area (Å²) in [6.07, 6.45) is 1.23. The Labute approximate surface area is 119 Å². The molecular formula is C16H22O4. The van der Waals surface area contributed by atoms with Crippen LogP contribution in [0.15, 0.2) is 18.2 Å². The summed E-state index contributed by atoms with van der Waals surface area (Å²) < 4.78 is 17.2. The van der Waals surface area contributed by atoms with E-state index in [9.17, 15) is 5.11 Å². The van der Waals surface area contributed by atoms with Crippen LogP contribution in [0.3, 0.4) is 0 Å². The first kappa shape index (κ1) is 13.7. The molecule has 4 heteroatoms. The maximum Gasteiger partial charge on any atom is 0.161 e. The van der Waals surface area contributed by atoms with E-state index in [1.807, 2.05) is 25.1 Å². The minimum atomic E-state index is -0.639. The van der Waals surface area contributed by atoms with Gasteiger partial charge in [-0.05, 0) is 37.5 Å². The number of fused-ring (bicyclic) bond motifs is 1. The first-order valence-corrected chi connectivity index (χ1v) is 7.30. The van der Waals surface area contributed by atoms with Gasteiger partial charge in [-0.1, -0.05) is 13.0 Å². The highest BCUT2D eigenvalue weighted by Gasteiger charge is 2.38. The number of aliphatic hydroxyl groups excluding tert-OH is 1. The van der Waals surface area contributed by atoms with Crippen molar-refractivity contribution in [3.63, 3.8) is 0 Å². The highest BCUT2D eigenvalue weighted by atomic mass is 16.5. The predicted octanol–water partition coefficient (Wildman–Crippen LogP) is 2.70. The molecule has 4 nitrogen and oxygen atoms in total. The van der Waals surface area contributed by atoms with Gasteiger partial charge in [-0.15, -0.1) is 0 Å². The molecule has 110 valence electrons. The lowest BCUT2D eigenvalue weighted by Gasteiger charge is -2.29. The van der Waals surface area contributed by atoms with Crippen LogP contribution in [0.5, 0.6) is 11.5 Å². The van der Waals surface area contributed by atoms with Crippen LogP contribution in [-0.4, -0.2) is 30.5 Å². The molecule has 0 spiro atoms. The Kier molecular flexibility index (Phi) is 3.61. The summed E-state index contributed by atoms with van der Waals surface area (Å²) >= 11 is 0. The molecule has 3 unspecified atom stereocenters. The number of ether oxygens (including phenoxy) is 3. The van der Waals surface area contributed by atoms with Gasteiger partial charge >= 0.3 is 0 Å². The van der Waals surface area contributed by atoms with Gasteiger partial charge in [0.25, 0.3) is 0 Å². The molecule has 1 fully saturated rings.